The van der Waals surface area contributed by atoms with Crippen molar-refractivity contribution in [1.29, 1.82) is 0 Å². The molecule has 2 nitrogen and oxygen atoms in total. The third-order valence-corrected chi connectivity index (χ3v) is 3.31. The number of carbonyl (C=O) groups excluding carboxylic acids is 1. The highest BCUT2D eigenvalue weighted by molar-refractivity contribution is 5.81. The second-order valence-corrected chi connectivity index (χ2v) is 4.34. The maximum Gasteiger partial charge on any atom is 0.330 e. The van der Waals surface area contributed by atoms with Gasteiger partial charge in [0.1, 0.15) is 5.60 Å². The fourth-order valence-corrected chi connectivity index (χ4v) is 2.07. The van der Waals surface area contributed by atoms with Gasteiger partial charge in [0.15, 0.2) is 0 Å². The summed E-state index contributed by atoms with van der Waals surface area (Å²) in [5.74, 6) is 0.499. The zero-order valence-electron chi connectivity index (χ0n) is 9.21. The molecule has 0 amide bonds. The molecule has 80 valence electrons. The van der Waals surface area contributed by atoms with E-state index in [1.54, 1.807) is 0 Å². The fourth-order valence-electron chi connectivity index (χ4n) is 2.07. The standard InChI is InChI=1S/C12H20O2/c1-4-11(13)14-12(5-2)8-6-10(3)7-9-12/h4,10H,1,5-9H2,2-3H3. The lowest BCUT2D eigenvalue weighted by Gasteiger charge is -2.37. The summed E-state index contributed by atoms with van der Waals surface area (Å²) < 4.78 is 5.47. The largest absolute Gasteiger partial charge is 0.456 e. The monoisotopic (exact) mass is 196 g/mol. The van der Waals surface area contributed by atoms with Crippen LogP contribution in [0.4, 0.5) is 0 Å². The Hall–Kier alpha value is -0.790. The number of esters is 1. The molecular formula is C12H20O2. The summed E-state index contributed by atoms with van der Waals surface area (Å²) in [6.07, 6.45) is 6.51. The van der Waals surface area contributed by atoms with Crippen LogP contribution in [0.1, 0.15) is 46.0 Å². The van der Waals surface area contributed by atoms with Gasteiger partial charge in [0.25, 0.3) is 0 Å². The molecule has 1 saturated carbocycles. The molecule has 1 fully saturated rings. The molecule has 0 aliphatic heterocycles. The lowest BCUT2D eigenvalue weighted by molar-refractivity contribution is -0.158. The summed E-state index contributed by atoms with van der Waals surface area (Å²) in [4.78, 5) is 11.2. The third kappa shape index (κ3) is 2.60. The number of rotatable bonds is 3. The minimum atomic E-state index is -0.276. The van der Waals surface area contributed by atoms with Crippen LogP contribution >= 0.6 is 0 Å². The molecule has 1 aliphatic rings. The fraction of sp³-hybridized carbons (Fsp3) is 0.750. The zero-order chi connectivity index (χ0) is 10.6. The second-order valence-electron chi connectivity index (χ2n) is 4.34. The van der Waals surface area contributed by atoms with Crippen LogP contribution in [0.15, 0.2) is 12.7 Å². The highest BCUT2D eigenvalue weighted by atomic mass is 16.6. The summed E-state index contributed by atoms with van der Waals surface area (Å²) in [5, 5.41) is 0. The van der Waals surface area contributed by atoms with Crippen LogP contribution in [0.25, 0.3) is 0 Å². The van der Waals surface area contributed by atoms with Crippen molar-refractivity contribution in [3.05, 3.63) is 12.7 Å². The molecule has 0 bridgehead atoms. The smallest absolute Gasteiger partial charge is 0.330 e. The van der Waals surface area contributed by atoms with Gasteiger partial charge in [-0.3, -0.25) is 0 Å². The maximum absolute atomic E-state index is 11.2. The molecule has 0 aromatic heterocycles. The molecule has 0 radical (unpaired) electrons. The summed E-state index contributed by atoms with van der Waals surface area (Å²) in [5.41, 5.74) is -0.197. The summed E-state index contributed by atoms with van der Waals surface area (Å²) in [6, 6.07) is 0. The van der Waals surface area contributed by atoms with Crippen LogP contribution in [0, 0.1) is 5.92 Å². The quantitative estimate of drug-likeness (QED) is 0.512. The SMILES string of the molecule is C=CC(=O)OC1(CC)CCC(C)CC1. The average Bonchev–Trinajstić information content (AvgIpc) is 2.22. The first-order valence-corrected chi connectivity index (χ1v) is 5.47. The van der Waals surface area contributed by atoms with Crippen LogP contribution in [0.5, 0.6) is 0 Å². The van der Waals surface area contributed by atoms with E-state index in [0.717, 1.165) is 38.0 Å². The number of carbonyl (C=O) groups is 1. The van der Waals surface area contributed by atoms with Gasteiger partial charge in [0, 0.05) is 6.08 Å². The summed E-state index contributed by atoms with van der Waals surface area (Å²) in [6.45, 7) is 7.78. The molecular weight excluding hydrogens is 176 g/mol. The van der Waals surface area contributed by atoms with Crippen molar-refractivity contribution in [1.82, 2.24) is 0 Å². The predicted molar refractivity (Wildman–Crippen MR) is 56.9 cm³/mol. The Balaban J connectivity index is 2.58. The van der Waals surface area contributed by atoms with E-state index >= 15 is 0 Å². The molecule has 0 saturated heterocycles. The van der Waals surface area contributed by atoms with Crippen LogP contribution in [0.3, 0.4) is 0 Å². The molecule has 0 N–H and O–H groups in total. The minimum Gasteiger partial charge on any atom is -0.456 e. The van der Waals surface area contributed by atoms with Crippen molar-refractivity contribution < 1.29 is 9.53 Å². The van der Waals surface area contributed by atoms with Crippen LogP contribution in [-0.4, -0.2) is 11.6 Å². The minimum absolute atomic E-state index is 0.197. The first-order chi connectivity index (χ1) is 6.62. The third-order valence-electron chi connectivity index (χ3n) is 3.31. The molecule has 0 aromatic rings. The van der Waals surface area contributed by atoms with Gasteiger partial charge in [-0.2, -0.15) is 0 Å². The Morgan fingerprint density at radius 2 is 2.14 bits per heavy atom. The van der Waals surface area contributed by atoms with Gasteiger partial charge in [0.05, 0.1) is 0 Å². The molecule has 14 heavy (non-hydrogen) atoms. The molecule has 0 atom stereocenters. The first-order valence-electron chi connectivity index (χ1n) is 5.47. The molecule has 2 heteroatoms. The van der Waals surface area contributed by atoms with Gasteiger partial charge in [-0.25, -0.2) is 4.79 Å². The Morgan fingerprint density at radius 1 is 1.57 bits per heavy atom. The average molecular weight is 196 g/mol. The lowest BCUT2D eigenvalue weighted by Crippen LogP contribution is -2.37. The summed E-state index contributed by atoms with van der Waals surface area (Å²) in [7, 11) is 0. The van der Waals surface area contributed by atoms with Gasteiger partial charge in [-0.1, -0.05) is 20.4 Å². The van der Waals surface area contributed by atoms with Gasteiger partial charge in [-0.15, -0.1) is 0 Å². The van der Waals surface area contributed by atoms with Gasteiger partial charge >= 0.3 is 5.97 Å². The van der Waals surface area contributed by atoms with E-state index < -0.39 is 0 Å². The predicted octanol–water partition coefficient (Wildman–Crippen LogP) is 3.07. The van der Waals surface area contributed by atoms with Crippen molar-refractivity contribution in [2.45, 2.75) is 51.6 Å². The van der Waals surface area contributed by atoms with Gasteiger partial charge < -0.3 is 4.74 Å². The normalized spacial score (nSPS) is 32.3. The Bertz CT molecular complexity index is 212. The Morgan fingerprint density at radius 3 is 2.57 bits per heavy atom. The van der Waals surface area contributed by atoms with Crippen LogP contribution < -0.4 is 0 Å². The van der Waals surface area contributed by atoms with E-state index in [1.165, 1.54) is 6.08 Å². The molecule has 0 spiro atoms. The van der Waals surface area contributed by atoms with Crippen molar-refractivity contribution in [3.63, 3.8) is 0 Å². The van der Waals surface area contributed by atoms with Crippen molar-refractivity contribution in [2.24, 2.45) is 5.92 Å². The second kappa shape index (κ2) is 4.63. The van der Waals surface area contributed by atoms with Crippen LogP contribution in [0.2, 0.25) is 0 Å². The molecule has 0 unspecified atom stereocenters. The molecule has 1 aliphatic carbocycles. The van der Waals surface area contributed by atoms with Gasteiger partial charge in [-0.05, 0) is 38.0 Å². The van der Waals surface area contributed by atoms with E-state index in [2.05, 4.69) is 20.4 Å². The van der Waals surface area contributed by atoms with Crippen molar-refractivity contribution >= 4 is 5.97 Å². The highest BCUT2D eigenvalue weighted by Crippen LogP contribution is 2.37. The van der Waals surface area contributed by atoms with Crippen LogP contribution in [-0.2, 0) is 9.53 Å². The van der Waals surface area contributed by atoms with Crippen molar-refractivity contribution in [2.75, 3.05) is 0 Å². The molecule has 0 aromatic carbocycles. The zero-order valence-corrected chi connectivity index (χ0v) is 9.21. The summed E-state index contributed by atoms with van der Waals surface area (Å²) >= 11 is 0. The van der Waals surface area contributed by atoms with E-state index in [1.807, 2.05) is 0 Å². The lowest BCUT2D eigenvalue weighted by atomic mass is 9.78. The molecule has 1 rings (SSSR count). The first kappa shape index (κ1) is 11.3. The highest BCUT2D eigenvalue weighted by Gasteiger charge is 2.35. The van der Waals surface area contributed by atoms with E-state index in [-0.39, 0.29) is 11.6 Å². The van der Waals surface area contributed by atoms with E-state index in [0.29, 0.717) is 0 Å². The molecule has 0 heterocycles. The van der Waals surface area contributed by atoms with E-state index in [4.69, 9.17) is 4.74 Å². The van der Waals surface area contributed by atoms with Crippen molar-refractivity contribution in [3.8, 4) is 0 Å². The topological polar surface area (TPSA) is 26.3 Å². The van der Waals surface area contributed by atoms with E-state index in [9.17, 15) is 4.79 Å². The number of ether oxygens (including phenoxy) is 1. The number of hydrogen-bond donors (Lipinski definition) is 0. The number of hydrogen-bond acceptors (Lipinski definition) is 2. The maximum atomic E-state index is 11.2. The Labute approximate surface area is 86.3 Å². The van der Waals surface area contributed by atoms with Gasteiger partial charge in [0.2, 0.25) is 0 Å². The Kier molecular flexibility index (Phi) is 3.73.